The van der Waals surface area contributed by atoms with Crippen molar-refractivity contribution in [2.45, 2.75) is 0 Å². The highest BCUT2D eigenvalue weighted by Gasteiger charge is 2.12. The molecule has 0 amide bonds. The Morgan fingerprint density at radius 2 is 1.74 bits per heavy atom. The third kappa shape index (κ3) is 3.50. The number of carbonyl (C=O) groups is 1. The molecule has 7 heteroatoms. The zero-order valence-electron chi connectivity index (χ0n) is 9.23. The van der Waals surface area contributed by atoms with Crippen molar-refractivity contribution >= 4 is 40.8 Å². The first-order valence-corrected chi connectivity index (χ1v) is 6.12. The molecule has 2 aromatic rings. The maximum Gasteiger partial charge on any atom is 0.337 e. The summed E-state index contributed by atoms with van der Waals surface area (Å²) in [5, 5.41) is 9.76. The van der Waals surface area contributed by atoms with Crippen LogP contribution in [0.5, 0.6) is 11.6 Å². The predicted molar refractivity (Wildman–Crippen MR) is 72.7 cm³/mol. The van der Waals surface area contributed by atoms with Crippen LogP contribution >= 0.6 is 34.8 Å². The van der Waals surface area contributed by atoms with E-state index in [1.165, 1.54) is 24.4 Å². The molecule has 0 aliphatic rings. The number of hydrogen-bond acceptors (Lipinski definition) is 3. The van der Waals surface area contributed by atoms with Gasteiger partial charge in [0.1, 0.15) is 5.75 Å². The minimum absolute atomic E-state index is 0.0315. The van der Waals surface area contributed by atoms with E-state index < -0.39 is 5.97 Å². The van der Waals surface area contributed by atoms with Gasteiger partial charge in [-0.25, -0.2) is 9.78 Å². The molecule has 0 radical (unpaired) electrons. The van der Waals surface area contributed by atoms with E-state index in [1.807, 2.05) is 0 Å². The Kier molecular flexibility index (Phi) is 4.14. The summed E-state index contributed by atoms with van der Waals surface area (Å²) < 4.78 is 5.38. The molecule has 0 aliphatic heterocycles. The molecule has 0 saturated heterocycles. The lowest BCUT2D eigenvalue weighted by Gasteiger charge is -2.07. The number of benzene rings is 1. The third-order valence-corrected chi connectivity index (χ3v) is 2.86. The molecular weight excluding hydrogens is 312 g/mol. The van der Waals surface area contributed by atoms with Crippen molar-refractivity contribution in [1.29, 1.82) is 0 Å². The number of carboxylic acid groups (broad SMARTS) is 1. The second kappa shape index (κ2) is 5.65. The Morgan fingerprint density at radius 3 is 2.32 bits per heavy atom. The van der Waals surface area contributed by atoms with Crippen molar-refractivity contribution in [1.82, 2.24) is 4.98 Å². The highest BCUT2D eigenvalue weighted by molar-refractivity contribution is 6.35. The lowest BCUT2D eigenvalue weighted by atomic mass is 10.2. The fourth-order valence-electron chi connectivity index (χ4n) is 1.35. The van der Waals surface area contributed by atoms with E-state index in [9.17, 15) is 4.79 Å². The largest absolute Gasteiger partial charge is 0.478 e. The van der Waals surface area contributed by atoms with Gasteiger partial charge in [0, 0.05) is 16.1 Å². The first-order valence-electron chi connectivity index (χ1n) is 4.98. The van der Waals surface area contributed by atoms with Crippen molar-refractivity contribution in [2.75, 3.05) is 0 Å². The van der Waals surface area contributed by atoms with Crippen LogP contribution in [0.1, 0.15) is 10.4 Å². The second-order valence-corrected chi connectivity index (χ2v) is 4.79. The fraction of sp³-hybridized carbons (Fsp3) is 0. The number of pyridine rings is 1. The number of ether oxygens (including phenoxy) is 1. The van der Waals surface area contributed by atoms with E-state index in [2.05, 4.69) is 4.98 Å². The van der Waals surface area contributed by atoms with Crippen molar-refractivity contribution in [3.05, 3.63) is 51.1 Å². The topological polar surface area (TPSA) is 59.4 Å². The molecule has 1 aromatic heterocycles. The smallest absolute Gasteiger partial charge is 0.337 e. The van der Waals surface area contributed by atoms with Gasteiger partial charge in [-0.3, -0.25) is 0 Å². The minimum atomic E-state index is -1.17. The molecule has 19 heavy (non-hydrogen) atoms. The van der Waals surface area contributed by atoms with Crippen LogP contribution in [0.25, 0.3) is 0 Å². The van der Waals surface area contributed by atoms with Gasteiger partial charge in [-0.1, -0.05) is 34.8 Å². The van der Waals surface area contributed by atoms with Gasteiger partial charge in [-0.05, 0) is 18.2 Å². The zero-order valence-corrected chi connectivity index (χ0v) is 11.5. The SMILES string of the molecule is O=C(O)c1cc(Oc2cc(Cl)cc(Cl)c2)ncc1Cl. The van der Waals surface area contributed by atoms with Gasteiger partial charge in [0.25, 0.3) is 0 Å². The molecule has 0 atom stereocenters. The Hall–Kier alpha value is -1.49. The minimum Gasteiger partial charge on any atom is -0.478 e. The van der Waals surface area contributed by atoms with Crippen LogP contribution in [0, 0.1) is 0 Å². The average molecular weight is 319 g/mol. The molecule has 0 unspecified atom stereocenters. The van der Waals surface area contributed by atoms with E-state index in [0.717, 1.165) is 0 Å². The number of aromatic nitrogens is 1. The lowest BCUT2D eigenvalue weighted by Crippen LogP contribution is -1.99. The molecular formula is C12H6Cl3NO3. The fourth-order valence-corrected chi connectivity index (χ4v) is 2.04. The highest BCUT2D eigenvalue weighted by Crippen LogP contribution is 2.28. The molecule has 1 aromatic carbocycles. The molecule has 0 saturated carbocycles. The number of halogens is 3. The van der Waals surface area contributed by atoms with Crippen molar-refractivity contribution in [2.24, 2.45) is 0 Å². The first kappa shape index (κ1) is 13.9. The molecule has 0 fully saturated rings. The molecule has 1 heterocycles. The van der Waals surface area contributed by atoms with Crippen molar-refractivity contribution in [3.63, 3.8) is 0 Å². The molecule has 4 nitrogen and oxygen atoms in total. The van der Waals surface area contributed by atoms with E-state index in [4.69, 9.17) is 44.6 Å². The zero-order chi connectivity index (χ0) is 14.0. The van der Waals surface area contributed by atoms with Crippen molar-refractivity contribution in [3.8, 4) is 11.6 Å². The van der Waals surface area contributed by atoms with Crippen LogP contribution < -0.4 is 4.74 Å². The maximum atomic E-state index is 10.9. The van der Waals surface area contributed by atoms with Crippen LogP contribution in [0.15, 0.2) is 30.5 Å². The highest BCUT2D eigenvalue weighted by atomic mass is 35.5. The Labute approximate surface area is 123 Å². The Balaban J connectivity index is 2.33. The van der Waals surface area contributed by atoms with E-state index in [-0.39, 0.29) is 16.5 Å². The molecule has 0 aliphatic carbocycles. The molecule has 1 N–H and O–H groups in total. The van der Waals surface area contributed by atoms with Gasteiger partial charge < -0.3 is 9.84 Å². The summed E-state index contributed by atoms with van der Waals surface area (Å²) >= 11 is 17.3. The Bertz CT molecular complexity index is 626. The number of hydrogen-bond donors (Lipinski definition) is 1. The van der Waals surface area contributed by atoms with E-state index in [0.29, 0.717) is 15.8 Å². The van der Waals surface area contributed by atoms with Crippen LogP contribution in [-0.2, 0) is 0 Å². The summed E-state index contributed by atoms with van der Waals surface area (Å²) in [6.07, 6.45) is 1.20. The number of carboxylic acids is 1. The number of aromatic carboxylic acids is 1. The van der Waals surface area contributed by atoms with Crippen LogP contribution in [0.3, 0.4) is 0 Å². The van der Waals surface area contributed by atoms with Gasteiger partial charge in [0.2, 0.25) is 5.88 Å². The molecule has 0 spiro atoms. The van der Waals surface area contributed by atoms with Gasteiger partial charge in [-0.2, -0.15) is 0 Å². The predicted octanol–water partition coefficient (Wildman–Crippen LogP) is 4.53. The number of nitrogens with zero attached hydrogens (tertiary/aromatic N) is 1. The van der Waals surface area contributed by atoms with Crippen LogP contribution in [0.4, 0.5) is 0 Å². The molecule has 2 rings (SSSR count). The summed E-state index contributed by atoms with van der Waals surface area (Å²) in [4.78, 5) is 14.8. The van der Waals surface area contributed by atoms with E-state index >= 15 is 0 Å². The summed E-state index contributed by atoms with van der Waals surface area (Å²) in [6.45, 7) is 0. The van der Waals surface area contributed by atoms with Crippen LogP contribution in [0.2, 0.25) is 15.1 Å². The van der Waals surface area contributed by atoms with Gasteiger partial charge in [0.05, 0.1) is 16.8 Å². The number of rotatable bonds is 3. The van der Waals surface area contributed by atoms with Gasteiger partial charge in [0.15, 0.2) is 0 Å². The second-order valence-electron chi connectivity index (χ2n) is 3.51. The summed E-state index contributed by atoms with van der Waals surface area (Å²) in [5.74, 6) is -0.731. The molecule has 0 bridgehead atoms. The quantitative estimate of drug-likeness (QED) is 0.903. The van der Waals surface area contributed by atoms with Gasteiger partial charge >= 0.3 is 5.97 Å². The molecule has 98 valence electrons. The monoisotopic (exact) mass is 317 g/mol. The normalized spacial score (nSPS) is 10.3. The average Bonchev–Trinajstić information content (AvgIpc) is 2.30. The van der Waals surface area contributed by atoms with Gasteiger partial charge in [-0.15, -0.1) is 0 Å². The Morgan fingerprint density at radius 1 is 1.11 bits per heavy atom. The summed E-state index contributed by atoms with van der Waals surface area (Å²) in [5.41, 5.74) is -0.0974. The van der Waals surface area contributed by atoms with Crippen molar-refractivity contribution < 1.29 is 14.6 Å². The summed E-state index contributed by atoms with van der Waals surface area (Å²) in [6, 6.07) is 5.84. The van der Waals surface area contributed by atoms with Crippen LogP contribution in [-0.4, -0.2) is 16.1 Å². The summed E-state index contributed by atoms with van der Waals surface area (Å²) in [7, 11) is 0. The maximum absolute atomic E-state index is 10.9. The first-order chi connectivity index (χ1) is 8.95. The van der Waals surface area contributed by atoms with E-state index in [1.54, 1.807) is 6.07 Å². The third-order valence-electron chi connectivity index (χ3n) is 2.12. The standard InChI is InChI=1S/C12H6Cl3NO3/c13-6-1-7(14)3-8(2-6)19-11-4-9(12(17)18)10(15)5-16-11/h1-5H,(H,17,18). The lowest BCUT2D eigenvalue weighted by molar-refractivity contribution is 0.0696.